The molecule has 1 aromatic rings. The first-order valence-electron chi connectivity index (χ1n) is 7.21. The fourth-order valence-electron chi connectivity index (χ4n) is 1.99. The van der Waals surface area contributed by atoms with E-state index >= 15 is 0 Å². The van der Waals surface area contributed by atoms with E-state index < -0.39 is 15.4 Å². The van der Waals surface area contributed by atoms with Gasteiger partial charge in [-0.2, -0.15) is 4.31 Å². The van der Waals surface area contributed by atoms with Crippen molar-refractivity contribution in [2.24, 2.45) is 5.41 Å². The minimum absolute atomic E-state index is 0.159. The van der Waals surface area contributed by atoms with Crippen LogP contribution in [-0.2, 0) is 19.6 Å². The van der Waals surface area contributed by atoms with Crippen LogP contribution in [0.25, 0.3) is 0 Å². The van der Waals surface area contributed by atoms with E-state index in [-0.39, 0.29) is 10.8 Å². The van der Waals surface area contributed by atoms with Crippen molar-refractivity contribution in [3.8, 4) is 0 Å². The molecule has 1 amide bonds. The van der Waals surface area contributed by atoms with Gasteiger partial charge in [0.2, 0.25) is 15.9 Å². The minimum Gasteiger partial charge on any atom is -0.379 e. The summed E-state index contributed by atoms with van der Waals surface area (Å²) < 4.78 is 31.7. The standard InChI is InChI=1S/C15H22N2O4S/c1-15(2,3)14(18)16-12-5-4-6-13(11-12)22(19,20)17-7-9-21-10-8-17/h4-6,11H,7-10H2,1-3H3,(H,16,18). The summed E-state index contributed by atoms with van der Waals surface area (Å²) in [5.74, 6) is -0.159. The van der Waals surface area contributed by atoms with Gasteiger partial charge in [-0.25, -0.2) is 8.42 Å². The smallest absolute Gasteiger partial charge is 0.243 e. The van der Waals surface area contributed by atoms with E-state index in [0.29, 0.717) is 32.0 Å². The molecule has 22 heavy (non-hydrogen) atoms. The predicted molar refractivity (Wildman–Crippen MR) is 84.1 cm³/mol. The maximum Gasteiger partial charge on any atom is 0.243 e. The first-order chi connectivity index (χ1) is 10.2. The molecular formula is C15H22N2O4S. The number of sulfonamides is 1. The van der Waals surface area contributed by atoms with Crippen LogP contribution in [0.5, 0.6) is 0 Å². The van der Waals surface area contributed by atoms with Gasteiger partial charge in [-0.3, -0.25) is 4.79 Å². The summed E-state index contributed by atoms with van der Waals surface area (Å²) in [5.41, 5.74) is -0.0618. The molecule has 0 spiro atoms. The fraction of sp³-hybridized carbons (Fsp3) is 0.533. The molecule has 1 N–H and O–H groups in total. The number of rotatable bonds is 3. The van der Waals surface area contributed by atoms with Gasteiger partial charge in [0.25, 0.3) is 0 Å². The third-order valence-corrected chi connectivity index (χ3v) is 5.28. The highest BCUT2D eigenvalue weighted by Crippen LogP contribution is 2.22. The van der Waals surface area contributed by atoms with Crippen LogP contribution < -0.4 is 5.32 Å². The van der Waals surface area contributed by atoms with Crippen molar-refractivity contribution in [2.45, 2.75) is 25.7 Å². The number of amides is 1. The van der Waals surface area contributed by atoms with E-state index in [1.807, 2.05) is 0 Å². The normalized spacial score (nSPS) is 17.2. The Bertz CT molecular complexity index is 644. The number of carbonyl (C=O) groups is 1. The average Bonchev–Trinajstić information content (AvgIpc) is 2.47. The van der Waals surface area contributed by atoms with Gasteiger partial charge < -0.3 is 10.1 Å². The Morgan fingerprint density at radius 2 is 1.86 bits per heavy atom. The van der Waals surface area contributed by atoms with Crippen molar-refractivity contribution in [2.75, 3.05) is 31.6 Å². The van der Waals surface area contributed by atoms with Gasteiger partial charge in [0, 0.05) is 24.2 Å². The van der Waals surface area contributed by atoms with Gasteiger partial charge in [0.15, 0.2) is 0 Å². The highest BCUT2D eigenvalue weighted by Gasteiger charge is 2.27. The molecule has 6 nitrogen and oxygen atoms in total. The van der Waals surface area contributed by atoms with E-state index in [2.05, 4.69) is 5.32 Å². The lowest BCUT2D eigenvalue weighted by Crippen LogP contribution is -2.40. The summed E-state index contributed by atoms with van der Waals surface area (Å²) in [4.78, 5) is 12.2. The molecule has 1 saturated heterocycles. The van der Waals surface area contributed by atoms with Crippen molar-refractivity contribution in [3.63, 3.8) is 0 Å². The largest absolute Gasteiger partial charge is 0.379 e. The Kier molecular flexibility index (Phi) is 4.89. The Morgan fingerprint density at radius 1 is 1.23 bits per heavy atom. The van der Waals surface area contributed by atoms with Crippen molar-refractivity contribution >= 4 is 21.6 Å². The van der Waals surface area contributed by atoms with Crippen molar-refractivity contribution < 1.29 is 17.9 Å². The number of nitrogens with one attached hydrogen (secondary N) is 1. The van der Waals surface area contributed by atoms with Gasteiger partial charge in [-0.1, -0.05) is 26.8 Å². The zero-order chi connectivity index (χ0) is 16.4. The van der Waals surface area contributed by atoms with Crippen LogP contribution in [0.15, 0.2) is 29.2 Å². The van der Waals surface area contributed by atoms with Gasteiger partial charge in [-0.05, 0) is 18.2 Å². The molecular weight excluding hydrogens is 304 g/mol. The highest BCUT2D eigenvalue weighted by atomic mass is 32.2. The minimum atomic E-state index is -3.55. The van der Waals surface area contributed by atoms with Crippen molar-refractivity contribution in [1.82, 2.24) is 4.31 Å². The second kappa shape index (κ2) is 6.36. The molecule has 1 aliphatic heterocycles. The molecule has 0 saturated carbocycles. The Morgan fingerprint density at radius 3 is 2.45 bits per heavy atom. The average molecular weight is 326 g/mol. The van der Waals surface area contributed by atoms with Crippen LogP contribution in [0.1, 0.15) is 20.8 Å². The van der Waals surface area contributed by atoms with Crippen LogP contribution >= 0.6 is 0 Å². The van der Waals surface area contributed by atoms with Gasteiger partial charge in [0.1, 0.15) is 0 Å². The molecule has 1 heterocycles. The van der Waals surface area contributed by atoms with E-state index in [1.165, 1.54) is 16.4 Å². The monoisotopic (exact) mass is 326 g/mol. The summed E-state index contributed by atoms with van der Waals surface area (Å²) in [7, 11) is -3.55. The third-order valence-electron chi connectivity index (χ3n) is 3.38. The topological polar surface area (TPSA) is 75.7 Å². The second-order valence-electron chi connectivity index (χ2n) is 6.25. The van der Waals surface area contributed by atoms with Gasteiger partial charge in [0.05, 0.1) is 18.1 Å². The molecule has 0 bridgehead atoms. The van der Waals surface area contributed by atoms with Gasteiger partial charge in [-0.15, -0.1) is 0 Å². The van der Waals surface area contributed by atoms with Crippen LogP contribution in [0.3, 0.4) is 0 Å². The Balaban J connectivity index is 2.22. The Hall–Kier alpha value is -1.44. The SMILES string of the molecule is CC(C)(C)C(=O)Nc1cccc(S(=O)(=O)N2CCOCC2)c1. The zero-order valence-electron chi connectivity index (χ0n) is 13.1. The van der Waals surface area contributed by atoms with Crippen LogP contribution in [-0.4, -0.2) is 44.9 Å². The van der Waals surface area contributed by atoms with E-state index in [0.717, 1.165) is 0 Å². The van der Waals surface area contributed by atoms with Crippen LogP contribution in [0, 0.1) is 5.41 Å². The zero-order valence-corrected chi connectivity index (χ0v) is 13.9. The molecule has 1 fully saturated rings. The molecule has 0 aromatic heterocycles. The van der Waals surface area contributed by atoms with Crippen LogP contribution in [0.2, 0.25) is 0 Å². The summed E-state index contributed by atoms with van der Waals surface area (Å²) in [6.07, 6.45) is 0. The first kappa shape index (κ1) is 16.9. The Labute approximate surface area is 131 Å². The fourth-order valence-corrected chi connectivity index (χ4v) is 3.44. The number of benzene rings is 1. The molecule has 122 valence electrons. The lowest BCUT2D eigenvalue weighted by molar-refractivity contribution is -0.123. The quantitative estimate of drug-likeness (QED) is 0.917. The molecule has 2 rings (SSSR count). The van der Waals surface area contributed by atoms with E-state index in [1.54, 1.807) is 32.9 Å². The molecule has 1 aromatic carbocycles. The highest BCUT2D eigenvalue weighted by molar-refractivity contribution is 7.89. The van der Waals surface area contributed by atoms with Crippen molar-refractivity contribution in [3.05, 3.63) is 24.3 Å². The maximum absolute atomic E-state index is 12.6. The van der Waals surface area contributed by atoms with Gasteiger partial charge >= 0.3 is 0 Å². The second-order valence-corrected chi connectivity index (χ2v) is 8.19. The van der Waals surface area contributed by atoms with Crippen molar-refractivity contribution in [1.29, 1.82) is 0 Å². The molecule has 0 aliphatic carbocycles. The summed E-state index contributed by atoms with van der Waals surface area (Å²) in [6, 6.07) is 6.35. The molecule has 0 atom stereocenters. The lowest BCUT2D eigenvalue weighted by Gasteiger charge is -2.26. The lowest BCUT2D eigenvalue weighted by atomic mass is 9.95. The van der Waals surface area contributed by atoms with E-state index in [4.69, 9.17) is 4.74 Å². The number of hydrogen-bond donors (Lipinski definition) is 1. The number of nitrogens with zero attached hydrogens (tertiary/aromatic N) is 1. The maximum atomic E-state index is 12.6. The number of anilines is 1. The number of carbonyl (C=O) groups excluding carboxylic acids is 1. The predicted octanol–water partition coefficient (Wildman–Crippen LogP) is 1.69. The molecule has 0 radical (unpaired) electrons. The van der Waals surface area contributed by atoms with E-state index in [9.17, 15) is 13.2 Å². The molecule has 1 aliphatic rings. The number of ether oxygens (including phenoxy) is 1. The summed E-state index contributed by atoms with van der Waals surface area (Å²) in [6.45, 7) is 6.91. The summed E-state index contributed by atoms with van der Waals surface area (Å²) in [5, 5.41) is 2.75. The first-order valence-corrected chi connectivity index (χ1v) is 8.65. The molecule has 0 unspecified atom stereocenters. The molecule has 7 heteroatoms. The number of morpholine rings is 1. The third kappa shape index (κ3) is 3.85. The summed E-state index contributed by atoms with van der Waals surface area (Å²) >= 11 is 0. The number of hydrogen-bond acceptors (Lipinski definition) is 4. The van der Waals surface area contributed by atoms with Crippen LogP contribution in [0.4, 0.5) is 5.69 Å².